The average molecular weight is 505 g/mol. The highest BCUT2D eigenvalue weighted by Crippen LogP contribution is 2.52. The van der Waals surface area contributed by atoms with Crippen LogP contribution in [0.25, 0.3) is 0 Å². The summed E-state index contributed by atoms with van der Waals surface area (Å²) in [4.78, 5) is 13.2. The van der Waals surface area contributed by atoms with Crippen LogP contribution in [0.2, 0.25) is 5.02 Å². The molecule has 0 unspecified atom stereocenters. The van der Waals surface area contributed by atoms with Gasteiger partial charge in [0.25, 0.3) is 0 Å². The summed E-state index contributed by atoms with van der Waals surface area (Å²) in [6.45, 7) is 6.63. The van der Waals surface area contributed by atoms with Gasteiger partial charge in [-0.05, 0) is 66.0 Å². The zero-order valence-electron chi connectivity index (χ0n) is 20.3. The molecule has 2 nitrogen and oxygen atoms in total. The topological polar surface area (TPSA) is 26.3 Å². The molecule has 0 N–H and O–H groups in total. The lowest BCUT2D eigenvalue weighted by Gasteiger charge is -2.38. The zero-order valence-corrected chi connectivity index (χ0v) is 21.1. The molecule has 2 aliphatic carbocycles. The van der Waals surface area contributed by atoms with Crippen molar-refractivity contribution in [3.8, 4) is 5.75 Å². The van der Waals surface area contributed by atoms with E-state index >= 15 is 0 Å². The quantitative estimate of drug-likeness (QED) is 0.395. The fourth-order valence-corrected chi connectivity index (χ4v) is 6.19. The van der Waals surface area contributed by atoms with Gasteiger partial charge in [0.05, 0.1) is 11.8 Å². The molecule has 1 saturated carbocycles. The Balaban J connectivity index is 1.69. The maximum absolute atomic E-state index is 13.9. The highest BCUT2D eigenvalue weighted by Gasteiger charge is 2.55. The molecule has 2 aromatic rings. The Morgan fingerprint density at radius 1 is 1.09 bits per heavy atom. The minimum atomic E-state index is -4.54. The minimum absolute atomic E-state index is 0.0689. The summed E-state index contributed by atoms with van der Waals surface area (Å²) < 4.78 is 48.1. The van der Waals surface area contributed by atoms with E-state index in [-0.39, 0.29) is 6.10 Å². The van der Waals surface area contributed by atoms with Gasteiger partial charge < -0.3 is 4.74 Å². The lowest BCUT2D eigenvalue weighted by molar-refractivity contribution is -0.156. The largest absolute Gasteiger partial charge is 0.490 e. The van der Waals surface area contributed by atoms with E-state index in [1.54, 1.807) is 54.6 Å². The molecule has 0 bridgehead atoms. The van der Waals surface area contributed by atoms with Gasteiger partial charge in [0.1, 0.15) is 11.9 Å². The van der Waals surface area contributed by atoms with E-state index in [9.17, 15) is 18.0 Å². The average Bonchev–Trinajstić information content (AvgIpc) is 3.09. The molecule has 0 spiro atoms. The third-order valence-electron chi connectivity index (χ3n) is 7.75. The first-order valence-corrected chi connectivity index (χ1v) is 12.7. The number of benzene rings is 2. The number of halogens is 4. The fourth-order valence-electron chi connectivity index (χ4n) is 5.94. The molecule has 0 amide bonds. The Kier molecular flexibility index (Phi) is 7.38. The predicted octanol–water partition coefficient (Wildman–Crippen LogP) is 8.29. The molecule has 1 fully saturated rings. The Morgan fingerprint density at radius 2 is 1.77 bits per heavy atom. The minimum Gasteiger partial charge on any atom is -0.490 e. The fraction of sp³-hybridized carbons (Fsp3) is 0.483. The molecule has 2 aliphatic rings. The molecule has 4 rings (SSSR count). The number of alkyl halides is 3. The third kappa shape index (κ3) is 5.30. The van der Waals surface area contributed by atoms with Crippen LogP contribution in [0.4, 0.5) is 13.2 Å². The van der Waals surface area contributed by atoms with Gasteiger partial charge in [-0.2, -0.15) is 13.2 Å². The number of ether oxygens (including phenoxy) is 1. The van der Waals surface area contributed by atoms with Crippen LogP contribution in [-0.2, 0) is 10.2 Å². The predicted molar refractivity (Wildman–Crippen MR) is 133 cm³/mol. The van der Waals surface area contributed by atoms with Crippen molar-refractivity contribution in [2.45, 2.75) is 70.1 Å². The van der Waals surface area contributed by atoms with Gasteiger partial charge in [0.15, 0.2) is 5.78 Å². The Hall–Kier alpha value is -2.27. The van der Waals surface area contributed by atoms with Crippen molar-refractivity contribution in [2.75, 3.05) is 0 Å². The van der Waals surface area contributed by atoms with Crippen molar-refractivity contribution in [3.05, 3.63) is 76.8 Å². The standard InChI is InChI=1S/C29H32ClF3O2/c1-18(2)22-13-8-19(3)16-26(22)35-21-11-9-20(10-12-21)28(17-29(31,32)33)24(14-15-27(28)34)23-6-4-5-7-25(23)30/h4-7,9-12,14-15,18-19,22,24,26H,8,13,16-17H2,1-3H3/t19-,22+,24+,26-,28-/m1/s1. The summed E-state index contributed by atoms with van der Waals surface area (Å²) in [7, 11) is 0. The van der Waals surface area contributed by atoms with Gasteiger partial charge >= 0.3 is 6.18 Å². The number of ketones is 1. The highest BCUT2D eigenvalue weighted by molar-refractivity contribution is 6.31. The van der Waals surface area contributed by atoms with Crippen molar-refractivity contribution in [1.82, 2.24) is 0 Å². The Labute approximate surface area is 210 Å². The molecule has 0 heterocycles. The van der Waals surface area contributed by atoms with Gasteiger partial charge in [-0.15, -0.1) is 0 Å². The van der Waals surface area contributed by atoms with Crippen molar-refractivity contribution in [2.24, 2.45) is 17.8 Å². The number of allylic oxidation sites excluding steroid dienone is 2. The normalized spacial score (nSPS) is 29.1. The van der Waals surface area contributed by atoms with Crippen LogP contribution in [0, 0.1) is 17.8 Å². The number of rotatable bonds is 6. The molecule has 0 radical (unpaired) electrons. The van der Waals surface area contributed by atoms with Crippen molar-refractivity contribution in [3.63, 3.8) is 0 Å². The van der Waals surface area contributed by atoms with E-state index in [0.29, 0.717) is 39.7 Å². The van der Waals surface area contributed by atoms with Gasteiger partial charge in [0, 0.05) is 10.9 Å². The van der Waals surface area contributed by atoms with E-state index in [1.165, 1.54) is 12.5 Å². The molecule has 0 aromatic heterocycles. The summed E-state index contributed by atoms with van der Waals surface area (Å²) >= 11 is 6.38. The first kappa shape index (κ1) is 25.8. The summed E-state index contributed by atoms with van der Waals surface area (Å²) in [5.41, 5.74) is -0.974. The highest BCUT2D eigenvalue weighted by atomic mass is 35.5. The lowest BCUT2D eigenvalue weighted by Crippen LogP contribution is -2.41. The SMILES string of the molecule is CC(C)[C@@H]1CC[C@@H](C)C[C@H]1Oc1ccc([C@@]2(CC(F)(F)F)C(=O)C=C[C@H]2c2ccccc2Cl)cc1. The molecule has 0 saturated heterocycles. The Bertz CT molecular complexity index is 1080. The van der Waals surface area contributed by atoms with Gasteiger partial charge in [0.2, 0.25) is 0 Å². The second-order valence-electron chi connectivity index (χ2n) is 10.5. The molecular weight excluding hydrogens is 473 g/mol. The number of carbonyl (C=O) groups is 1. The van der Waals surface area contributed by atoms with Crippen LogP contribution >= 0.6 is 11.6 Å². The van der Waals surface area contributed by atoms with Crippen LogP contribution in [-0.4, -0.2) is 18.1 Å². The Morgan fingerprint density at radius 3 is 2.40 bits per heavy atom. The lowest BCUT2D eigenvalue weighted by atomic mass is 9.66. The van der Waals surface area contributed by atoms with Crippen LogP contribution in [0.5, 0.6) is 5.75 Å². The van der Waals surface area contributed by atoms with Gasteiger partial charge in [-0.1, -0.05) is 75.2 Å². The van der Waals surface area contributed by atoms with Crippen LogP contribution in [0.1, 0.15) is 63.5 Å². The van der Waals surface area contributed by atoms with Crippen LogP contribution in [0.15, 0.2) is 60.7 Å². The van der Waals surface area contributed by atoms with E-state index in [4.69, 9.17) is 16.3 Å². The second-order valence-corrected chi connectivity index (χ2v) is 10.9. The van der Waals surface area contributed by atoms with Gasteiger partial charge in [-0.25, -0.2) is 0 Å². The molecule has 5 atom stereocenters. The smallest absolute Gasteiger partial charge is 0.390 e. The third-order valence-corrected chi connectivity index (χ3v) is 8.09. The van der Waals surface area contributed by atoms with Crippen LogP contribution < -0.4 is 4.74 Å². The van der Waals surface area contributed by atoms with E-state index < -0.39 is 29.7 Å². The van der Waals surface area contributed by atoms with E-state index in [2.05, 4.69) is 20.8 Å². The second kappa shape index (κ2) is 10.0. The van der Waals surface area contributed by atoms with Crippen molar-refractivity contribution >= 4 is 17.4 Å². The summed E-state index contributed by atoms with van der Waals surface area (Å²) in [6.07, 6.45) is 0.322. The summed E-state index contributed by atoms with van der Waals surface area (Å²) in [5.74, 6) is 0.736. The summed E-state index contributed by atoms with van der Waals surface area (Å²) in [5, 5.41) is 0.342. The maximum Gasteiger partial charge on any atom is 0.390 e. The first-order chi connectivity index (χ1) is 16.5. The van der Waals surface area contributed by atoms with Gasteiger partial charge in [-0.3, -0.25) is 4.79 Å². The van der Waals surface area contributed by atoms with Crippen LogP contribution in [0.3, 0.4) is 0 Å². The molecule has 0 aliphatic heterocycles. The van der Waals surface area contributed by atoms with E-state index in [1.807, 2.05) is 0 Å². The number of hydrogen-bond acceptors (Lipinski definition) is 2. The monoisotopic (exact) mass is 504 g/mol. The van der Waals surface area contributed by atoms with Crippen molar-refractivity contribution in [1.29, 1.82) is 0 Å². The molecular formula is C29H32ClF3O2. The van der Waals surface area contributed by atoms with Crippen molar-refractivity contribution < 1.29 is 22.7 Å². The number of hydrogen-bond donors (Lipinski definition) is 0. The molecule has 188 valence electrons. The maximum atomic E-state index is 13.9. The first-order valence-electron chi connectivity index (χ1n) is 12.3. The summed E-state index contributed by atoms with van der Waals surface area (Å²) in [6, 6.07) is 13.4. The van der Waals surface area contributed by atoms with E-state index in [0.717, 1.165) is 12.8 Å². The molecule has 6 heteroatoms. The zero-order chi connectivity index (χ0) is 25.4. The number of carbonyl (C=O) groups excluding carboxylic acids is 1. The molecule has 35 heavy (non-hydrogen) atoms. The molecule has 2 aromatic carbocycles.